The Balaban J connectivity index is 2.25. The third-order valence-electron chi connectivity index (χ3n) is 3.76. The number of hydrogen-bond donors (Lipinski definition) is 2. The Morgan fingerprint density at radius 3 is 2.78 bits per heavy atom. The number of hydrogen-bond acceptors (Lipinski definition) is 2. The van der Waals surface area contributed by atoms with Crippen LogP contribution in [0.15, 0.2) is 30.5 Å². The van der Waals surface area contributed by atoms with E-state index in [1.165, 1.54) is 10.5 Å². The molecule has 0 atom stereocenters. The molecule has 1 amide bonds. The fraction of sp³-hybridized carbons (Fsp3) is 0.444. The van der Waals surface area contributed by atoms with Crippen molar-refractivity contribution < 1.29 is 9.69 Å². The summed E-state index contributed by atoms with van der Waals surface area (Å²) in [5.41, 5.74) is 3.85. The van der Waals surface area contributed by atoms with E-state index in [9.17, 15) is 4.79 Å². The molecule has 2 aromatic rings. The zero-order valence-electron chi connectivity index (χ0n) is 14.5. The number of nitrogens with zero attached hydrogens (tertiary/aromatic N) is 2. The monoisotopic (exact) mass is 315 g/mol. The molecule has 0 unspecified atom stereocenters. The van der Waals surface area contributed by atoms with Gasteiger partial charge in [0.15, 0.2) is 0 Å². The second-order valence-electron chi connectivity index (χ2n) is 6.22. The molecular weight excluding hydrogens is 288 g/mol. The molecule has 2 rings (SSSR count). The van der Waals surface area contributed by atoms with Crippen LogP contribution in [-0.4, -0.2) is 42.9 Å². The average molecular weight is 315 g/mol. The number of rotatable bonds is 7. The molecule has 0 spiro atoms. The summed E-state index contributed by atoms with van der Waals surface area (Å²) < 4.78 is 1.89. The van der Waals surface area contributed by atoms with Crippen molar-refractivity contribution in [1.82, 2.24) is 15.1 Å². The molecule has 0 saturated heterocycles. The molecule has 124 valence electrons. The van der Waals surface area contributed by atoms with Crippen molar-refractivity contribution in [2.24, 2.45) is 0 Å². The van der Waals surface area contributed by atoms with E-state index < -0.39 is 0 Å². The standard InChI is InChI=1S/C18H26N4O/c1-5-7-17-16(18(23)19-10-11-21(3)4)13-20-22(17)15-9-6-8-14(2)12-15/h6,8-9,12-13H,5,7,10-11H2,1-4H3,(H,19,23)/p+1. The van der Waals surface area contributed by atoms with Crippen molar-refractivity contribution in [3.63, 3.8) is 0 Å². The Hall–Kier alpha value is -2.14. The molecule has 0 aliphatic rings. The van der Waals surface area contributed by atoms with Gasteiger partial charge in [0.1, 0.15) is 0 Å². The van der Waals surface area contributed by atoms with Crippen LogP contribution in [0.3, 0.4) is 0 Å². The molecule has 0 bridgehead atoms. The van der Waals surface area contributed by atoms with Gasteiger partial charge in [-0.3, -0.25) is 4.79 Å². The maximum atomic E-state index is 12.5. The van der Waals surface area contributed by atoms with Crippen LogP contribution in [-0.2, 0) is 6.42 Å². The van der Waals surface area contributed by atoms with Crippen molar-refractivity contribution in [1.29, 1.82) is 0 Å². The highest BCUT2D eigenvalue weighted by Gasteiger charge is 2.17. The lowest BCUT2D eigenvalue weighted by atomic mass is 10.1. The van der Waals surface area contributed by atoms with Crippen LogP contribution < -0.4 is 10.2 Å². The van der Waals surface area contributed by atoms with Crippen LogP contribution in [0.4, 0.5) is 0 Å². The normalized spacial score (nSPS) is 11.0. The minimum absolute atomic E-state index is 0.0337. The minimum atomic E-state index is -0.0337. The smallest absolute Gasteiger partial charge is 0.254 e. The molecule has 1 aromatic heterocycles. The third-order valence-corrected chi connectivity index (χ3v) is 3.76. The van der Waals surface area contributed by atoms with E-state index in [2.05, 4.69) is 50.5 Å². The summed E-state index contributed by atoms with van der Waals surface area (Å²) >= 11 is 0. The van der Waals surface area contributed by atoms with Crippen LogP contribution >= 0.6 is 0 Å². The van der Waals surface area contributed by atoms with Crippen LogP contribution in [0.25, 0.3) is 5.69 Å². The van der Waals surface area contributed by atoms with Crippen molar-refractivity contribution in [3.05, 3.63) is 47.3 Å². The second kappa shape index (κ2) is 7.92. The molecule has 1 heterocycles. The van der Waals surface area contributed by atoms with Crippen LogP contribution in [0.2, 0.25) is 0 Å². The van der Waals surface area contributed by atoms with E-state index in [4.69, 9.17) is 0 Å². The summed E-state index contributed by atoms with van der Waals surface area (Å²) in [5.74, 6) is -0.0337. The molecule has 0 radical (unpaired) electrons. The Morgan fingerprint density at radius 2 is 2.13 bits per heavy atom. The fourth-order valence-corrected chi connectivity index (χ4v) is 2.54. The van der Waals surface area contributed by atoms with Gasteiger partial charge in [0.25, 0.3) is 5.91 Å². The van der Waals surface area contributed by atoms with Crippen LogP contribution in [0, 0.1) is 6.92 Å². The Kier molecular flexibility index (Phi) is 5.93. The molecule has 5 nitrogen and oxygen atoms in total. The molecule has 0 aliphatic heterocycles. The topological polar surface area (TPSA) is 51.4 Å². The quantitative estimate of drug-likeness (QED) is 0.801. The molecule has 2 N–H and O–H groups in total. The van der Waals surface area contributed by atoms with Crippen molar-refractivity contribution in [2.45, 2.75) is 26.7 Å². The highest BCUT2D eigenvalue weighted by atomic mass is 16.1. The van der Waals surface area contributed by atoms with Gasteiger partial charge >= 0.3 is 0 Å². The Labute approximate surface area is 138 Å². The van der Waals surface area contributed by atoms with E-state index in [1.54, 1.807) is 6.20 Å². The number of carbonyl (C=O) groups is 1. The van der Waals surface area contributed by atoms with Gasteiger partial charge in [0.2, 0.25) is 0 Å². The second-order valence-corrected chi connectivity index (χ2v) is 6.22. The first-order valence-electron chi connectivity index (χ1n) is 8.24. The van der Waals surface area contributed by atoms with E-state index in [0.29, 0.717) is 12.1 Å². The van der Waals surface area contributed by atoms with Gasteiger partial charge in [0.05, 0.1) is 50.3 Å². The first kappa shape index (κ1) is 17.2. The Morgan fingerprint density at radius 1 is 1.35 bits per heavy atom. The highest BCUT2D eigenvalue weighted by Crippen LogP contribution is 2.17. The number of likely N-dealkylation sites (N-methyl/N-ethyl adjacent to an activating group) is 1. The zero-order valence-corrected chi connectivity index (χ0v) is 14.5. The van der Waals surface area contributed by atoms with Gasteiger partial charge in [-0.2, -0.15) is 5.10 Å². The molecule has 0 aliphatic carbocycles. The van der Waals surface area contributed by atoms with Gasteiger partial charge in [-0.1, -0.05) is 25.5 Å². The van der Waals surface area contributed by atoms with Crippen LogP contribution in [0.1, 0.15) is 35.0 Å². The molecule has 0 fully saturated rings. The SMILES string of the molecule is CCCc1c(C(=O)NCC[NH+](C)C)cnn1-c1cccc(C)c1. The average Bonchev–Trinajstić information content (AvgIpc) is 2.91. The maximum Gasteiger partial charge on any atom is 0.254 e. The first-order chi connectivity index (χ1) is 11.0. The first-order valence-corrected chi connectivity index (χ1v) is 8.24. The summed E-state index contributed by atoms with van der Waals surface area (Å²) in [7, 11) is 4.15. The van der Waals surface area contributed by atoms with Gasteiger partial charge in [-0.25, -0.2) is 4.68 Å². The molecular formula is C18H27N4O+. The zero-order chi connectivity index (χ0) is 16.8. The fourth-order valence-electron chi connectivity index (χ4n) is 2.54. The summed E-state index contributed by atoms with van der Waals surface area (Å²) in [5, 5.41) is 7.45. The van der Waals surface area contributed by atoms with Crippen LogP contribution in [0.5, 0.6) is 0 Å². The lowest BCUT2D eigenvalue weighted by Crippen LogP contribution is -3.06. The largest absolute Gasteiger partial charge is 0.346 e. The Bertz CT molecular complexity index is 661. The van der Waals surface area contributed by atoms with Crippen molar-refractivity contribution in [3.8, 4) is 5.69 Å². The summed E-state index contributed by atoms with van der Waals surface area (Å²) in [6.07, 6.45) is 3.49. The number of quaternary nitrogens is 1. The van der Waals surface area contributed by atoms with E-state index in [1.807, 2.05) is 16.8 Å². The summed E-state index contributed by atoms with van der Waals surface area (Å²) in [4.78, 5) is 13.8. The number of nitrogens with one attached hydrogen (secondary N) is 2. The lowest BCUT2D eigenvalue weighted by Gasteiger charge is -2.11. The number of carbonyl (C=O) groups excluding carboxylic acids is 1. The predicted octanol–water partition coefficient (Wildman–Crippen LogP) is 1.01. The van der Waals surface area contributed by atoms with E-state index in [-0.39, 0.29) is 5.91 Å². The number of aryl methyl sites for hydroxylation is 1. The molecule has 0 saturated carbocycles. The maximum absolute atomic E-state index is 12.5. The molecule has 5 heteroatoms. The lowest BCUT2D eigenvalue weighted by molar-refractivity contribution is -0.856. The summed E-state index contributed by atoms with van der Waals surface area (Å²) in [6, 6.07) is 8.19. The number of benzene rings is 1. The van der Waals surface area contributed by atoms with E-state index >= 15 is 0 Å². The highest BCUT2D eigenvalue weighted by molar-refractivity contribution is 5.95. The van der Waals surface area contributed by atoms with E-state index in [0.717, 1.165) is 30.8 Å². The molecule has 1 aromatic carbocycles. The van der Waals surface area contributed by atoms with Gasteiger partial charge in [-0.15, -0.1) is 0 Å². The summed E-state index contributed by atoms with van der Waals surface area (Å²) in [6.45, 7) is 5.75. The van der Waals surface area contributed by atoms with Gasteiger partial charge < -0.3 is 10.2 Å². The number of aromatic nitrogens is 2. The van der Waals surface area contributed by atoms with Crippen molar-refractivity contribution >= 4 is 5.91 Å². The van der Waals surface area contributed by atoms with Crippen molar-refractivity contribution in [2.75, 3.05) is 27.2 Å². The predicted molar refractivity (Wildman–Crippen MR) is 92.3 cm³/mol. The van der Waals surface area contributed by atoms with Gasteiger partial charge in [-0.05, 0) is 31.0 Å². The van der Waals surface area contributed by atoms with Gasteiger partial charge in [0, 0.05) is 0 Å². The minimum Gasteiger partial charge on any atom is -0.346 e. The third kappa shape index (κ3) is 4.42. The molecule has 23 heavy (non-hydrogen) atoms. The number of amides is 1.